The lowest BCUT2D eigenvalue weighted by molar-refractivity contribution is 0.424. The second kappa shape index (κ2) is 3.35. The van der Waals surface area contributed by atoms with Crippen LogP contribution < -0.4 is 5.59 Å². The molecule has 1 aromatic heterocycles. The van der Waals surface area contributed by atoms with Crippen molar-refractivity contribution >= 4 is 12.7 Å². The van der Waals surface area contributed by atoms with Gasteiger partial charge in [0.25, 0.3) is 0 Å². The molecule has 12 heavy (non-hydrogen) atoms. The Bertz CT molecular complexity index is 333. The average molecular weight is 162 g/mol. The zero-order chi connectivity index (χ0) is 9.14. The SMILES string of the molecule is Cc1nc(B(O)O)ccc1C#N. The van der Waals surface area contributed by atoms with E-state index < -0.39 is 7.12 Å². The van der Waals surface area contributed by atoms with Crippen molar-refractivity contribution in [3.63, 3.8) is 0 Å². The number of rotatable bonds is 1. The molecule has 4 nitrogen and oxygen atoms in total. The van der Waals surface area contributed by atoms with E-state index in [1.807, 2.05) is 6.07 Å². The van der Waals surface area contributed by atoms with Gasteiger partial charge in [-0.3, -0.25) is 4.98 Å². The lowest BCUT2D eigenvalue weighted by atomic mass is 9.85. The molecular weight excluding hydrogens is 155 g/mol. The maximum atomic E-state index is 8.72. The number of nitriles is 1. The monoisotopic (exact) mass is 162 g/mol. The molecule has 0 aromatic carbocycles. The summed E-state index contributed by atoms with van der Waals surface area (Å²) in [6, 6.07) is 4.86. The second-order valence-corrected chi connectivity index (χ2v) is 2.35. The first-order valence-electron chi connectivity index (χ1n) is 3.39. The van der Waals surface area contributed by atoms with E-state index in [0.717, 1.165) is 0 Å². The highest BCUT2D eigenvalue weighted by Crippen LogP contribution is 1.99. The lowest BCUT2D eigenvalue weighted by Crippen LogP contribution is -2.33. The van der Waals surface area contributed by atoms with E-state index in [0.29, 0.717) is 11.3 Å². The Kier molecular flexibility index (Phi) is 2.43. The Labute approximate surface area is 70.3 Å². The highest BCUT2D eigenvalue weighted by Gasteiger charge is 2.13. The molecule has 0 spiro atoms. The summed E-state index contributed by atoms with van der Waals surface area (Å²) in [6.45, 7) is 1.64. The first kappa shape index (κ1) is 8.72. The van der Waals surface area contributed by atoms with Crippen LogP contribution in [0.4, 0.5) is 0 Å². The zero-order valence-electron chi connectivity index (χ0n) is 6.52. The summed E-state index contributed by atoms with van der Waals surface area (Å²) in [7, 11) is -1.57. The van der Waals surface area contributed by atoms with Crippen LogP contribution in [0.5, 0.6) is 0 Å². The van der Waals surface area contributed by atoms with E-state index in [2.05, 4.69) is 4.98 Å². The van der Waals surface area contributed by atoms with Gasteiger partial charge in [-0.2, -0.15) is 5.26 Å². The highest BCUT2D eigenvalue weighted by atomic mass is 16.4. The van der Waals surface area contributed by atoms with Gasteiger partial charge in [-0.05, 0) is 19.1 Å². The molecule has 0 saturated heterocycles. The van der Waals surface area contributed by atoms with Crippen LogP contribution in [0.25, 0.3) is 0 Å². The molecule has 60 valence electrons. The highest BCUT2D eigenvalue weighted by molar-refractivity contribution is 6.57. The van der Waals surface area contributed by atoms with Crippen LogP contribution in [0, 0.1) is 18.3 Å². The minimum Gasteiger partial charge on any atom is -0.422 e. The van der Waals surface area contributed by atoms with Crippen LogP contribution in [0.2, 0.25) is 0 Å². The Hall–Kier alpha value is -1.38. The Morgan fingerprint density at radius 2 is 2.17 bits per heavy atom. The molecule has 0 radical (unpaired) electrons. The van der Waals surface area contributed by atoms with Crippen LogP contribution in [0.3, 0.4) is 0 Å². The number of aromatic nitrogens is 1. The van der Waals surface area contributed by atoms with Crippen molar-refractivity contribution < 1.29 is 10.0 Å². The second-order valence-electron chi connectivity index (χ2n) is 2.35. The molecular formula is C7H7BN2O2. The van der Waals surface area contributed by atoms with E-state index in [9.17, 15) is 0 Å². The van der Waals surface area contributed by atoms with Crippen molar-refractivity contribution in [1.82, 2.24) is 4.98 Å². The van der Waals surface area contributed by atoms with Gasteiger partial charge < -0.3 is 10.0 Å². The first-order chi connectivity index (χ1) is 5.65. The molecule has 0 amide bonds. The number of pyridine rings is 1. The summed E-state index contributed by atoms with van der Waals surface area (Å²) in [5.74, 6) is 0. The molecule has 0 bridgehead atoms. The van der Waals surface area contributed by atoms with Crippen LogP contribution in [-0.4, -0.2) is 22.2 Å². The summed E-state index contributed by atoms with van der Waals surface area (Å²) in [5, 5.41) is 26.0. The van der Waals surface area contributed by atoms with E-state index in [1.165, 1.54) is 12.1 Å². The summed E-state index contributed by atoms with van der Waals surface area (Å²) in [5.41, 5.74) is 1.11. The molecule has 0 saturated carbocycles. The van der Waals surface area contributed by atoms with Gasteiger partial charge >= 0.3 is 7.12 Å². The molecule has 0 fully saturated rings. The third kappa shape index (κ3) is 1.61. The molecule has 0 aliphatic heterocycles. The van der Waals surface area contributed by atoms with Crippen LogP contribution in [0.1, 0.15) is 11.3 Å². The molecule has 0 aliphatic rings. The predicted octanol–water partition coefficient (Wildman–Crippen LogP) is -1.06. The normalized spacial score (nSPS) is 9.17. The Morgan fingerprint density at radius 1 is 1.50 bits per heavy atom. The summed E-state index contributed by atoms with van der Waals surface area (Å²) in [4.78, 5) is 3.82. The summed E-state index contributed by atoms with van der Waals surface area (Å²) < 4.78 is 0. The Balaban J connectivity index is 3.12. The average Bonchev–Trinajstić information content (AvgIpc) is 2.04. The third-order valence-corrected chi connectivity index (χ3v) is 1.49. The maximum absolute atomic E-state index is 8.72. The molecule has 1 rings (SSSR count). The van der Waals surface area contributed by atoms with Gasteiger partial charge in [-0.1, -0.05) is 0 Å². The number of hydrogen-bond acceptors (Lipinski definition) is 4. The van der Waals surface area contributed by atoms with Crippen molar-refractivity contribution in [2.24, 2.45) is 0 Å². The first-order valence-corrected chi connectivity index (χ1v) is 3.39. The van der Waals surface area contributed by atoms with Crippen molar-refractivity contribution in [3.8, 4) is 6.07 Å². The van der Waals surface area contributed by atoms with Crippen molar-refractivity contribution in [2.45, 2.75) is 6.92 Å². The molecule has 1 heterocycles. The summed E-state index contributed by atoms with van der Waals surface area (Å²) in [6.07, 6.45) is 0. The van der Waals surface area contributed by atoms with E-state index in [1.54, 1.807) is 6.92 Å². The third-order valence-electron chi connectivity index (χ3n) is 1.49. The molecule has 0 aliphatic carbocycles. The van der Waals surface area contributed by atoms with Gasteiger partial charge in [0.2, 0.25) is 0 Å². The molecule has 5 heteroatoms. The summed E-state index contributed by atoms with van der Waals surface area (Å²) >= 11 is 0. The predicted molar refractivity (Wildman–Crippen MR) is 43.5 cm³/mol. The van der Waals surface area contributed by atoms with Gasteiger partial charge in [0.05, 0.1) is 16.9 Å². The van der Waals surface area contributed by atoms with Crippen molar-refractivity contribution in [2.75, 3.05) is 0 Å². The molecule has 0 unspecified atom stereocenters. The Morgan fingerprint density at radius 3 is 2.58 bits per heavy atom. The fraction of sp³-hybridized carbons (Fsp3) is 0.143. The van der Waals surface area contributed by atoms with Gasteiger partial charge in [0.1, 0.15) is 6.07 Å². The van der Waals surface area contributed by atoms with Gasteiger partial charge in [0, 0.05) is 0 Å². The molecule has 0 atom stereocenters. The zero-order valence-corrected chi connectivity index (χ0v) is 6.52. The smallest absolute Gasteiger partial charge is 0.422 e. The van der Waals surface area contributed by atoms with Crippen LogP contribution in [0.15, 0.2) is 12.1 Å². The quantitative estimate of drug-likeness (QED) is 0.516. The largest absolute Gasteiger partial charge is 0.508 e. The van der Waals surface area contributed by atoms with Gasteiger partial charge in [0.15, 0.2) is 0 Å². The van der Waals surface area contributed by atoms with Gasteiger partial charge in [-0.15, -0.1) is 0 Å². The topological polar surface area (TPSA) is 77.1 Å². The fourth-order valence-corrected chi connectivity index (χ4v) is 0.842. The number of nitrogens with zero attached hydrogens (tertiary/aromatic N) is 2. The van der Waals surface area contributed by atoms with E-state index >= 15 is 0 Å². The van der Waals surface area contributed by atoms with Crippen LogP contribution >= 0.6 is 0 Å². The minimum absolute atomic E-state index is 0.159. The number of aryl methyl sites for hydroxylation is 1. The van der Waals surface area contributed by atoms with E-state index in [-0.39, 0.29) is 5.59 Å². The van der Waals surface area contributed by atoms with Crippen LogP contribution in [-0.2, 0) is 0 Å². The fourth-order valence-electron chi connectivity index (χ4n) is 0.842. The van der Waals surface area contributed by atoms with Crippen molar-refractivity contribution in [1.29, 1.82) is 5.26 Å². The molecule has 2 N–H and O–H groups in total. The molecule has 1 aromatic rings. The maximum Gasteiger partial charge on any atom is 0.508 e. The minimum atomic E-state index is -1.57. The standard InChI is InChI=1S/C7H7BN2O2/c1-5-6(4-9)2-3-7(10-5)8(11)12/h2-3,11-12H,1H3. The number of hydrogen-bond donors (Lipinski definition) is 2. The van der Waals surface area contributed by atoms with Gasteiger partial charge in [-0.25, -0.2) is 0 Å². The van der Waals surface area contributed by atoms with E-state index in [4.69, 9.17) is 15.3 Å². The lowest BCUT2D eigenvalue weighted by Gasteiger charge is -2.00. The van der Waals surface area contributed by atoms with Crippen molar-refractivity contribution in [3.05, 3.63) is 23.4 Å².